The minimum atomic E-state index is 0.204. The second-order valence-corrected chi connectivity index (χ2v) is 6.39. The van der Waals surface area contributed by atoms with E-state index in [1.807, 2.05) is 18.2 Å². The lowest BCUT2D eigenvalue weighted by molar-refractivity contribution is 0.0729. The number of nitrogens with two attached hydrogens (primary N) is 1. The van der Waals surface area contributed by atoms with Gasteiger partial charge in [-0.05, 0) is 31.8 Å². The minimum Gasteiger partial charge on any atom is -0.368 e. The maximum atomic E-state index is 6.16. The van der Waals surface area contributed by atoms with Gasteiger partial charge in [-0.2, -0.15) is 0 Å². The lowest BCUT2D eigenvalue weighted by Gasteiger charge is -2.41. The summed E-state index contributed by atoms with van der Waals surface area (Å²) in [5.74, 6) is 1.10. The Morgan fingerprint density at radius 2 is 1.96 bits per heavy atom. The van der Waals surface area contributed by atoms with Gasteiger partial charge < -0.3 is 10.6 Å². The van der Waals surface area contributed by atoms with Crippen molar-refractivity contribution in [2.45, 2.75) is 6.17 Å². The van der Waals surface area contributed by atoms with Crippen molar-refractivity contribution >= 4 is 23.5 Å². The highest BCUT2D eigenvalue weighted by atomic mass is 35.5. The number of nitrogen functional groups attached to an aromatic ring is 1. The van der Waals surface area contributed by atoms with Crippen LogP contribution in [0.5, 0.6) is 0 Å². The third-order valence-corrected chi connectivity index (χ3v) is 4.32. The average Bonchev–Trinajstić information content (AvgIpc) is 2.94. The molecule has 0 bridgehead atoms. The first kappa shape index (κ1) is 16.0. The van der Waals surface area contributed by atoms with Gasteiger partial charge in [-0.3, -0.25) is 14.8 Å². The van der Waals surface area contributed by atoms with E-state index in [4.69, 9.17) is 17.3 Å². The first-order valence-corrected chi connectivity index (χ1v) is 8.01. The van der Waals surface area contributed by atoms with Crippen molar-refractivity contribution in [1.29, 1.82) is 0 Å². The SMILES string of the molecule is CN(C)C(c1cccc(Cl)c1)N1CCN(c2nnc(N)[nH]2)CC1. The van der Waals surface area contributed by atoms with Crippen LogP contribution in [0.3, 0.4) is 0 Å². The number of H-pyrrole nitrogens is 1. The van der Waals surface area contributed by atoms with Crippen LogP contribution in [0, 0.1) is 0 Å². The second-order valence-electron chi connectivity index (χ2n) is 5.95. The standard InChI is InChI=1S/C15H22ClN7/c1-21(2)13(11-4-3-5-12(16)10-11)22-6-8-23(9-7-22)15-18-14(17)19-20-15/h3-5,10,13H,6-9H2,1-2H3,(H3,17,18,19,20). The largest absolute Gasteiger partial charge is 0.368 e. The van der Waals surface area contributed by atoms with Crippen LogP contribution in [-0.4, -0.2) is 65.3 Å². The number of anilines is 2. The highest BCUT2D eigenvalue weighted by Gasteiger charge is 2.27. The van der Waals surface area contributed by atoms with Gasteiger partial charge in [0.2, 0.25) is 11.9 Å². The van der Waals surface area contributed by atoms with Crippen LogP contribution < -0.4 is 10.6 Å². The van der Waals surface area contributed by atoms with Crippen LogP contribution in [0.1, 0.15) is 11.7 Å². The molecule has 8 heteroatoms. The quantitative estimate of drug-likeness (QED) is 0.880. The van der Waals surface area contributed by atoms with Crippen LogP contribution in [-0.2, 0) is 0 Å². The lowest BCUT2D eigenvalue weighted by atomic mass is 10.1. The van der Waals surface area contributed by atoms with Gasteiger partial charge in [0.05, 0.1) is 6.17 Å². The normalized spacial score (nSPS) is 17.7. The molecule has 0 saturated carbocycles. The number of hydrogen-bond donors (Lipinski definition) is 2. The summed E-state index contributed by atoms with van der Waals surface area (Å²) in [6.45, 7) is 3.60. The molecule has 1 fully saturated rings. The van der Waals surface area contributed by atoms with E-state index in [1.165, 1.54) is 5.56 Å². The predicted octanol–water partition coefficient (Wildman–Crippen LogP) is 1.42. The molecule has 0 spiro atoms. The highest BCUT2D eigenvalue weighted by Crippen LogP contribution is 2.26. The number of benzene rings is 1. The molecular weight excluding hydrogens is 314 g/mol. The third kappa shape index (κ3) is 3.57. The van der Waals surface area contributed by atoms with Crippen molar-refractivity contribution < 1.29 is 0 Å². The minimum absolute atomic E-state index is 0.204. The number of piperazine rings is 1. The van der Waals surface area contributed by atoms with Crippen molar-refractivity contribution in [2.75, 3.05) is 50.9 Å². The molecule has 1 aromatic heterocycles. The smallest absolute Gasteiger partial charge is 0.226 e. The van der Waals surface area contributed by atoms with Crippen molar-refractivity contribution in [3.63, 3.8) is 0 Å². The summed E-state index contributed by atoms with van der Waals surface area (Å²) in [5.41, 5.74) is 6.81. The number of halogens is 1. The average molecular weight is 336 g/mol. The topological polar surface area (TPSA) is 77.3 Å². The van der Waals surface area contributed by atoms with Crippen LogP contribution in [0.25, 0.3) is 0 Å². The van der Waals surface area contributed by atoms with Gasteiger partial charge >= 0.3 is 0 Å². The van der Waals surface area contributed by atoms with E-state index in [9.17, 15) is 0 Å². The Hall–Kier alpha value is -1.83. The molecule has 1 saturated heterocycles. The van der Waals surface area contributed by atoms with Gasteiger partial charge in [0, 0.05) is 31.2 Å². The monoisotopic (exact) mass is 335 g/mol. The third-order valence-electron chi connectivity index (χ3n) is 4.09. The zero-order chi connectivity index (χ0) is 16.4. The highest BCUT2D eigenvalue weighted by molar-refractivity contribution is 6.30. The molecule has 0 aliphatic carbocycles. The van der Waals surface area contributed by atoms with Gasteiger partial charge in [-0.1, -0.05) is 23.7 Å². The van der Waals surface area contributed by atoms with Crippen LogP contribution in [0.4, 0.5) is 11.9 Å². The number of nitrogens with one attached hydrogen (secondary N) is 1. The van der Waals surface area contributed by atoms with Crippen LogP contribution in [0.2, 0.25) is 5.02 Å². The molecule has 0 amide bonds. The number of hydrogen-bond acceptors (Lipinski definition) is 6. The lowest BCUT2D eigenvalue weighted by Crippen LogP contribution is -2.50. The molecule has 2 heterocycles. The Morgan fingerprint density at radius 3 is 2.52 bits per heavy atom. The fourth-order valence-electron chi connectivity index (χ4n) is 3.09. The molecule has 1 aromatic carbocycles. The zero-order valence-electron chi connectivity index (χ0n) is 13.4. The summed E-state index contributed by atoms with van der Waals surface area (Å²) in [4.78, 5) is 9.82. The second kappa shape index (κ2) is 6.74. The van der Waals surface area contributed by atoms with Crippen LogP contribution >= 0.6 is 11.6 Å². The zero-order valence-corrected chi connectivity index (χ0v) is 14.2. The molecule has 1 unspecified atom stereocenters. The molecule has 0 radical (unpaired) electrons. The molecule has 23 heavy (non-hydrogen) atoms. The van der Waals surface area contributed by atoms with E-state index in [-0.39, 0.29) is 6.17 Å². The Balaban J connectivity index is 1.71. The summed E-state index contributed by atoms with van der Waals surface area (Å²) in [6.07, 6.45) is 0.204. The number of nitrogens with zero attached hydrogens (tertiary/aromatic N) is 5. The summed E-state index contributed by atoms with van der Waals surface area (Å²) >= 11 is 6.16. The number of aromatic amines is 1. The molecular formula is C15H22ClN7. The van der Waals surface area contributed by atoms with Crippen molar-refractivity contribution in [1.82, 2.24) is 25.0 Å². The van der Waals surface area contributed by atoms with Gasteiger partial charge in [-0.15, -0.1) is 10.2 Å². The summed E-state index contributed by atoms with van der Waals surface area (Å²) in [6, 6.07) is 8.07. The Morgan fingerprint density at radius 1 is 1.22 bits per heavy atom. The molecule has 7 nitrogen and oxygen atoms in total. The molecule has 3 rings (SSSR count). The number of aromatic nitrogens is 3. The van der Waals surface area contributed by atoms with Crippen molar-refractivity contribution in [2.24, 2.45) is 0 Å². The molecule has 124 valence electrons. The molecule has 1 aliphatic heterocycles. The van der Waals surface area contributed by atoms with E-state index in [0.29, 0.717) is 5.95 Å². The molecule has 2 aromatic rings. The van der Waals surface area contributed by atoms with Crippen molar-refractivity contribution in [3.8, 4) is 0 Å². The van der Waals surface area contributed by atoms with E-state index in [1.54, 1.807) is 0 Å². The summed E-state index contributed by atoms with van der Waals surface area (Å²) in [7, 11) is 4.18. The molecule has 1 aliphatic rings. The maximum absolute atomic E-state index is 6.16. The number of rotatable bonds is 4. The van der Waals surface area contributed by atoms with E-state index in [0.717, 1.165) is 37.1 Å². The fraction of sp³-hybridized carbons (Fsp3) is 0.467. The first-order valence-electron chi connectivity index (χ1n) is 7.63. The summed E-state index contributed by atoms with van der Waals surface area (Å²) < 4.78 is 0. The van der Waals surface area contributed by atoms with Gasteiger partial charge in [0.1, 0.15) is 0 Å². The van der Waals surface area contributed by atoms with Crippen molar-refractivity contribution in [3.05, 3.63) is 34.9 Å². The van der Waals surface area contributed by atoms with Gasteiger partial charge in [0.15, 0.2) is 0 Å². The van der Waals surface area contributed by atoms with Gasteiger partial charge in [0.25, 0.3) is 0 Å². The molecule has 3 N–H and O–H groups in total. The first-order chi connectivity index (χ1) is 11.0. The van der Waals surface area contributed by atoms with E-state index < -0.39 is 0 Å². The Kier molecular flexibility index (Phi) is 4.70. The van der Waals surface area contributed by atoms with E-state index >= 15 is 0 Å². The summed E-state index contributed by atoms with van der Waals surface area (Å²) in [5, 5.41) is 8.66. The van der Waals surface area contributed by atoms with Crippen LogP contribution in [0.15, 0.2) is 24.3 Å². The Labute approximate surface area is 141 Å². The maximum Gasteiger partial charge on any atom is 0.226 e. The van der Waals surface area contributed by atoms with Gasteiger partial charge in [-0.25, -0.2) is 0 Å². The van der Waals surface area contributed by atoms with E-state index in [2.05, 4.69) is 50.0 Å². The molecule has 1 atom stereocenters. The Bertz CT molecular complexity index is 649. The fourth-order valence-corrected chi connectivity index (χ4v) is 3.29. The predicted molar refractivity (Wildman–Crippen MR) is 92.5 cm³/mol.